The van der Waals surface area contributed by atoms with Crippen LogP contribution in [0.3, 0.4) is 0 Å². The molecule has 1 aliphatic rings. The molecule has 1 heterocycles. The predicted molar refractivity (Wildman–Crippen MR) is 77.1 cm³/mol. The van der Waals surface area contributed by atoms with Crippen LogP contribution < -0.4 is 9.06 Å². The Morgan fingerprint density at radius 2 is 2.05 bits per heavy atom. The van der Waals surface area contributed by atoms with E-state index < -0.39 is 20.0 Å². The van der Waals surface area contributed by atoms with Gasteiger partial charge in [0.05, 0.1) is 17.4 Å². The van der Waals surface area contributed by atoms with E-state index in [1.165, 1.54) is 6.07 Å². The van der Waals surface area contributed by atoms with Gasteiger partial charge in [0.2, 0.25) is 0 Å². The van der Waals surface area contributed by atoms with E-state index in [-0.39, 0.29) is 27.2 Å². The number of nitrogens with zero attached hydrogens (tertiary/aromatic N) is 1. The van der Waals surface area contributed by atoms with Gasteiger partial charge in [-0.3, -0.25) is 0 Å². The summed E-state index contributed by atoms with van der Waals surface area (Å²) in [7, 11) is -7.73. The Balaban J connectivity index is 2.76. The first-order valence-corrected chi connectivity index (χ1v) is 9.39. The van der Waals surface area contributed by atoms with Crippen molar-refractivity contribution in [1.82, 2.24) is 7.08 Å². The normalized spacial score (nSPS) is 18.7. The molecule has 1 aliphatic heterocycles. The quantitative estimate of drug-likeness (QED) is 0.661. The molecule has 0 unspecified atom stereocenters. The zero-order valence-electron chi connectivity index (χ0n) is 8.89. The maximum atomic E-state index is 12.1. The molecule has 19 heavy (non-hydrogen) atoms. The molecule has 0 radical (unpaired) electrons. The molecule has 0 spiro atoms. The van der Waals surface area contributed by atoms with Gasteiger partial charge in [-0.1, -0.05) is 11.6 Å². The second-order valence-electron chi connectivity index (χ2n) is 3.49. The molecule has 2 rings (SSSR count). The largest absolute Gasteiger partial charge is 0.369 e. The highest BCUT2D eigenvalue weighted by atomic mass is 79.9. The molecule has 0 saturated heterocycles. The molecule has 0 amide bonds. The van der Waals surface area contributed by atoms with Crippen molar-refractivity contribution in [3.63, 3.8) is 0 Å². The van der Waals surface area contributed by atoms with Crippen LogP contribution in [0.5, 0.6) is 0 Å². The summed E-state index contributed by atoms with van der Waals surface area (Å²) >= 11 is 11.3. The number of hydrogen-bond donors (Lipinski definition) is 2. The van der Waals surface area contributed by atoms with Crippen molar-refractivity contribution in [2.75, 3.05) is 12.0 Å². The zero-order valence-corrected chi connectivity index (χ0v) is 14.5. The second kappa shape index (κ2) is 5.13. The molecule has 0 saturated carbocycles. The monoisotopic (exact) mass is 453 g/mol. The van der Waals surface area contributed by atoms with Gasteiger partial charge in [-0.2, -0.15) is 0 Å². The van der Waals surface area contributed by atoms with Crippen LogP contribution in [0.4, 0.5) is 5.69 Å². The Morgan fingerprint density at radius 3 is 2.63 bits per heavy atom. The second-order valence-corrected chi connectivity index (χ2v) is 9.62. The smallest absolute Gasteiger partial charge is 0.256 e. The summed E-state index contributed by atoms with van der Waals surface area (Å²) in [6, 6.07) is 2.25. The highest BCUT2D eigenvalue weighted by Crippen LogP contribution is 2.36. The summed E-state index contributed by atoms with van der Waals surface area (Å²) in [5.74, 6) is 0. The first-order valence-electron chi connectivity index (χ1n) is 4.58. The average Bonchev–Trinajstić information content (AvgIpc) is 2.33. The van der Waals surface area contributed by atoms with E-state index in [4.69, 9.17) is 11.6 Å². The molecular formula is C7H6Br2ClN3O4S2. The first kappa shape index (κ1) is 15.5. The van der Waals surface area contributed by atoms with Gasteiger partial charge < -0.3 is 5.32 Å². The fourth-order valence-electron chi connectivity index (χ4n) is 1.47. The van der Waals surface area contributed by atoms with Crippen LogP contribution in [-0.2, 0) is 20.0 Å². The van der Waals surface area contributed by atoms with Crippen LogP contribution in [0.25, 0.3) is 0 Å². The average molecular weight is 456 g/mol. The molecule has 0 fully saturated rings. The van der Waals surface area contributed by atoms with Crippen molar-refractivity contribution in [3.8, 4) is 0 Å². The minimum Gasteiger partial charge on any atom is -0.369 e. The molecule has 7 nitrogen and oxygen atoms in total. The van der Waals surface area contributed by atoms with Crippen molar-refractivity contribution >= 4 is 69.6 Å². The van der Waals surface area contributed by atoms with Crippen LogP contribution >= 0.6 is 43.9 Å². The highest BCUT2D eigenvalue weighted by molar-refractivity contribution is 9.09. The molecule has 0 aromatic heterocycles. The molecule has 0 bridgehead atoms. The minimum absolute atomic E-state index is 0.00839. The molecule has 12 heteroatoms. The van der Waals surface area contributed by atoms with Crippen LogP contribution in [0.2, 0.25) is 5.02 Å². The van der Waals surface area contributed by atoms with Crippen molar-refractivity contribution < 1.29 is 16.8 Å². The van der Waals surface area contributed by atoms with Crippen LogP contribution in [0, 0.1) is 0 Å². The summed E-state index contributed by atoms with van der Waals surface area (Å²) in [5.41, 5.74) is 0.245. The topological polar surface area (TPSA) is 95.6 Å². The summed E-state index contributed by atoms with van der Waals surface area (Å²) in [6.45, 7) is 0.00839. The minimum atomic E-state index is -3.92. The SMILES string of the molecule is O=S(=O)(NBr)c1cc2c(cc1Cl)NCN(Br)S2(=O)=O. The number of fused-ring (bicyclic) bond motifs is 1. The molecule has 1 aromatic rings. The standard InChI is InChI=1S/C7H6Br2ClN3O4S2/c8-12-18(14,15)6-2-7-5(1-4(6)10)11-3-13(9)19(7,16)17/h1-2,11-12H,3H2. The van der Waals surface area contributed by atoms with E-state index >= 15 is 0 Å². The van der Waals surface area contributed by atoms with Gasteiger partial charge in [0.15, 0.2) is 0 Å². The number of halogens is 3. The van der Waals surface area contributed by atoms with Gasteiger partial charge in [-0.05, 0) is 12.1 Å². The Bertz CT molecular complexity index is 737. The molecule has 2 N–H and O–H groups in total. The first-order chi connectivity index (χ1) is 8.70. The van der Waals surface area contributed by atoms with Crippen molar-refractivity contribution in [2.24, 2.45) is 0 Å². The van der Waals surface area contributed by atoms with Gasteiger partial charge in [-0.15, -0.1) is 7.08 Å². The van der Waals surface area contributed by atoms with E-state index in [2.05, 4.69) is 37.6 Å². The maximum Gasteiger partial charge on any atom is 0.256 e. The fraction of sp³-hybridized carbons (Fsp3) is 0.143. The number of benzene rings is 1. The van der Waals surface area contributed by atoms with Crippen molar-refractivity contribution in [2.45, 2.75) is 9.79 Å². The summed E-state index contributed by atoms with van der Waals surface area (Å²) in [6.07, 6.45) is 0. The van der Waals surface area contributed by atoms with Gasteiger partial charge in [-0.25, -0.2) is 16.8 Å². The number of hydrogen-bond acceptors (Lipinski definition) is 5. The Kier molecular flexibility index (Phi) is 4.18. The van der Waals surface area contributed by atoms with Crippen LogP contribution in [0.1, 0.15) is 0 Å². The lowest BCUT2D eigenvalue weighted by atomic mass is 10.3. The molecule has 1 aromatic carbocycles. The molecule has 0 aliphatic carbocycles. The van der Waals surface area contributed by atoms with Gasteiger partial charge in [0.25, 0.3) is 20.0 Å². The van der Waals surface area contributed by atoms with E-state index in [0.717, 1.165) is 9.40 Å². The summed E-state index contributed by atoms with van der Waals surface area (Å²) in [4.78, 5) is -0.515. The van der Waals surface area contributed by atoms with E-state index in [1.54, 1.807) is 0 Å². The van der Waals surface area contributed by atoms with Gasteiger partial charge in [0.1, 0.15) is 9.79 Å². The summed E-state index contributed by atoms with van der Waals surface area (Å²) in [5, 5.41) is 2.71. The number of sulfonamides is 2. The van der Waals surface area contributed by atoms with Crippen LogP contribution in [-0.4, -0.2) is 26.8 Å². The Labute approximate surface area is 132 Å². The van der Waals surface area contributed by atoms with Crippen LogP contribution in [0.15, 0.2) is 21.9 Å². The maximum absolute atomic E-state index is 12.1. The molecule has 106 valence electrons. The molecule has 0 atom stereocenters. The number of anilines is 1. The Morgan fingerprint density at radius 1 is 1.42 bits per heavy atom. The number of nitrogens with one attached hydrogen (secondary N) is 2. The van der Waals surface area contributed by atoms with Gasteiger partial charge >= 0.3 is 0 Å². The third kappa shape index (κ3) is 2.64. The third-order valence-electron chi connectivity index (χ3n) is 2.36. The Hall–Kier alpha value is 0.0900. The lowest BCUT2D eigenvalue weighted by molar-refractivity contribution is 0.550. The van der Waals surface area contributed by atoms with Crippen molar-refractivity contribution in [1.29, 1.82) is 0 Å². The van der Waals surface area contributed by atoms with E-state index in [0.29, 0.717) is 0 Å². The number of rotatable bonds is 2. The van der Waals surface area contributed by atoms with Crippen molar-refractivity contribution in [3.05, 3.63) is 17.2 Å². The lowest BCUT2D eigenvalue weighted by Crippen LogP contribution is -2.32. The third-order valence-corrected chi connectivity index (χ3v) is 8.12. The molecular weight excluding hydrogens is 449 g/mol. The lowest BCUT2D eigenvalue weighted by Gasteiger charge is -2.25. The zero-order chi connectivity index (χ0) is 14.4. The van der Waals surface area contributed by atoms with E-state index in [1.807, 2.05) is 3.75 Å². The summed E-state index contributed by atoms with van der Waals surface area (Å²) < 4.78 is 50.3. The predicted octanol–water partition coefficient (Wildman–Crippen LogP) is 1.61. The fourth-order valence-corrected chi connectivity index (χ4v) is 4.93. The highest BCUT2D eigenvalue weighted by Gasteiger charge is 2.32. The van der Waals surface area contributed by atoms with Gasteiger partial charge in [0, 0.05) is 32.3 Å². The van der Waals surface area contributed by atoms with E-state index in [9.17, 15) is 16.8 Å².